The molecular weight excluding hydrogens is 363 g/mol. The molecule has 0 unspecified atom stereocenters. The van der Waals surface area contributed by atoms with E-state index in [-0.39, 0.29) is 5.56 Å². The van der Waals surface area contributed by atoms with Crippen molar-refractivity contribution >= 4 is 33.3 Å². The number of pyridine rings is 1. The molecular formula is C16H16BrFN4O. The van der Waals surface area contributed by atoms with Crippen LogP contribution < -0.4 is 15.5 Å². The molecule has 2 heterocycles. The number of amides is 1. The average molecular weight is 379 g/mol. The normalized spacial score (nSPS) is 14.6. The van der Waals surface area contributed by atoms with Gasteiger partial charge in [-0.1, -0.05) is 6.07 Å². The van der Waals surface area contributed by atoms with Gasteiger partial charge in [0.1, 0.15) is 11.6 Å². The minimum absolute atomic E-state index is 0.0273. The predicted octanol–water partition coefficient (Wildman–Crippen LogP) is 2.65. The molecule has 2 aromatic rings. The Labute approximate surface area is 142 Å². The summed E-state index contributed by atoms with van der Waals surface area (Å²) in [6.45, 7) is 3.74. The number of halogens is 2. The number of carbonyl (C=O) groups excluding carboxylic acids is 1. The summed E-state index contributed by atoms with van der Waals surface area (Å²) < 4.78 is 14.2. The molecule has 1 aromatic heterocycles. The summed E-state index contributed by atoms with van der Waals surface area (Å²) in [7, 11) is 0. The van der Waals surface area contributed by atoms with Crippen molar-refractivity contribution in [3.63, 3.8) is 0 Å². The van der Waals surface area contributed by atoms with Crippen molar-refractivity contribution in [1.29, 1.82) is 0 Å². The van der Waals surface area contributed by atoms with E-state index in [2.05, 4.69) is 36.4 Å². The molecule has 1 aliphatic rings. The lowest BCUT2D eigenvalue weighted by atomic mass is 10.2. The standard InChI is InChI=1S/C16H16BrFN4O/c17-12-2-1-3-13(18)15(12)16(23)21-14-5-4-11(10-20-14)22-8-6-19-7-9-22/h1-5,10,19H,6-9H2,(H,20,21,23). The van der Waals surface area contributed by atoms with Gasteiger partial charge in [-0.15, -0.1) is 0 Å². The molecule has 0 spiro atoms. The highest BCUT2D eigenvalue weighted by molar-refractivity contribution is 9.10. The van der Waals surface area contributed by atoms with Crippen LogP contribution in [-0.4, -0.2) is 37.1 Å². The van der Waals surface area contributed by atoms with E-state index in [1.165, 1.54) is 12.1 Å². The van der Waals surface area contributed by atoms with Gasteiger partial charge in [0.25, 0.3) is 5.91 Å². The second-order valence-corrected chi connectivity index (χ2v) is 6.04. The van der Waals surface area contributed by atoms with Crippen molar-refractivity contribution in [2.24, 2.45) is 0 Å². The van der Waals surface area contributed by atoms with Crippen LogP contribution in [0.1, 0.15) is 10.4 Å². The van der Waals surface area contributed by atoms with Gasteiger partial charge in [0.05, 0.1) is 17.4 Å². The molecule has 1 saturated heterocycles. The topological polar surface area (TPSA) is 57.3 Å². The molecule has 23 heavy (non-hydrogen) atoms. The fourth-order valence-corrected chi connectivity index (χ4v) is 2.99. The molecule has 1 aromatic carbocycles. The van der Waals surface area contributed by atoms with Crippen LogP contribution in [0.2, 0.25) is 0 Å². The van der Waals surface area contributed by atoms with Crippen LogP contribution in [0.25, 0.3) is 0 Å². The molecule has 0 bridgehead atoms. The predicted molar refractivity (Wildman–Crippen MR) is 91.4 cm³/mol. The Hall–Kier alpha value is -1.99. The molecule has 5 nitrogen and oxygen atoms in total. The molecule has 7 heteroatoms. The van der Waals surface area contributed by atoms with Crippen molar-refractivity contribution < 1.29 is 9.18 Å². The van der Waals surface area contributed by atoms with Crippen LogP contribution in [0.5, 0.6) is 0 Å². The van der Waals surface area contributed by atoms with Crippen molar-refractivity contribution in [3.05, 3.63) is 52.4 Å². The second-order valence-electron chi connectivity index (χ2n) is 5.19. The van der Waals surface area contributed by atoms with Gasteiger partial charge < -0.3 is 15.5 Å². The third-order valence-corrected chi connectivity index (χ3v) is 4.32. The van der Waals surface area contributed by atoms with E-state index in [9.17, 15) is 9.18 Å². The quantitative estimate of drug-likeness (QED) is 0.861. The summed E-state index contributed by atoms with van der Waals surface area (Å²) in [5.41, 5.74) is 0.983. The van der Waals surface area contributed by atoms with Crippen LogP contribution in [0.15, 0.2) is 41.0 Å². The van der Waals surface area contributed by atoms with Gasteiger partial charge in [-0.05, 0) is 40.2 Å². The summed E-state index contributed by atoms with van der Waals surface area (Å²) >= 11 is 3.19. The van der Waals surface area contributed by atoms with Crippen LogP contribution in [0.3, 0.4) is 0 Å². The minimum atomic E-state index is -0.575. The van der Waals surface area contributed by atoms with Crippen LogP contribution in [-0.2, 0) is 0 Å². The van der Waals surface area contributed by atoms with E-state index < -0.39 is 11.7 Å². The molecule has 2 N–H and O–H groups in total. The van der Waals surface area contributed by atoms with E-state index in [1.807, 2.05) is 6.07 Å². The maximum absolute atomic E-state index is 13.8. The summed E-state index contributed by atoms with van der Waals surface area (Å²) in [5.74, 6) is -0.712. The Morgan fingerprint density at radius 1 is 1.26 bits per heavy atom. The van der Waals surface area contributed by atoms with Crippen LogP contribution >= 0.6 is 15.9 Å². The first-order valence-corrected chi connectivity index (χ1v) is 8.11. The number of nitrogens with one attached hydrogen (secondary N) is 2. The van der Waals surface area contributed by atoms with Crippen LogP contribution in [0, 0.1) is 5.82 Å². The highest BCUT2D eigenvalue weighted by atomic mass is 79.9. The van der Waals surface area contributed by atoms with Gasteiger partial charge in [-0.25, -0.2) is 9.37 Å². The third-order valence-electron chi connectivity index (χ3n) is 3.66. The largest absolute Gasteiger partial charge is 0.368 e. The van der Waals surface area contributed by atoms with Crippen LogP contribution in [0.4, 0.5) is 15.9 Å². The Bertz CT molecular complexity index is 681. The Morgan fingerprint density at radius 2 is 2.04 bits per heavy atom. The van der Waals surface area contributed by atoms with E-state index in [1.54, 1.807) is 18.3 Å². The van der Waals surface area contributed by atoms with Gasteiger partial charge in [-0.3, -0.25) is 4.79 Å². The highest BCUT2D eigenvalue weighted by Gasteiger charge is 2.16. The smallest absolute Gasteiger partial charge is 0.260 e. The van der Waals surface area contributed by atoms with Gasteiger partial charge in [0.2, 0.25) is 0 Å². The molecule has 1 amide bonds. The first-order valence-electron chi connectivity index (χ1n) is 7.32. The van der Waals surface area contributed by atoms with Crippen molar-refractivity contribution in [3.8, 4) is 0 Å². The van der Waals surface area contributed by atoms with E-state index >= 15 is 0 Å². The zero-order chi connectivity index (χ0) is 16.2. The number of benzene rings is 1. The zero-order valence-corrected chi connectivity index (χ0v) is 13.9. The second kappa shape index (κ2) is 7.06. The lowest BCUT2D eigenvalue weighted by molar-refractivity contribution is 0.102. The fraction of sp³-hybridized carbons (Fsp3) is 0.250. The summed E-state index contributed by atoms with van der Waals surface area (Å²) in [4.78, 5) is 18.7. The highest BCUT2D eigenvalue weighted by Crippen LogP contribution is 2.21. The molecule has 0 saturated carbocycles. The van der Waals surface area contributed by atoms with Crippen molar-refractivity contribution in [2.45, 2.75) is 0 Å². The summed E-state index contributed by atoms with van der Waals surface area (Å²) in [6.07, 6.45) is 1.72. The lowest BCUT2D eigenvalue weighted by Crippen LogP contribution is -2.43. The van der Waals surface area contributed by atoms with E-state index in [4.69, 9.17) is 0 Å². The number of hydrogen-bond acceptors (Lipinski definition) is 4. The van der Waals surface area contributed by atoms with Gasteiger partial charge in [-0.2, -0.15) is 0 Å². The van der Waals surface area contributed by atoms with Crippen molar-refractivity contribution in [1.82, 2.24) is 10.3 Å². The molecule has 0 aliphatic carbocycles. The number of carbonyl (C=O) groups is 1. The fourth-order valence-electron chi connectivity index (χ4n) is 2.46. The maximum Gasteiger partial charge on any atom is 0.260 e. The number of rotatable bonds is 3. The average Bonchev–Trinajstić information content (AvgIpc) is 2.56. The molecule has 1 fully saturated rings. The number of piperazine rings is 1. The number of hydrogen-bond donors (Lipinski definition) is 2. The molecule has 120 valence electrons. The minimum Gasteiger partial charge on any atom is -0.368 e. The number of nitrogens with zero attached hydrogens (tertiary/aromatic N) is 2. The summed E-state index contributed by atoms with van der Waals surface area (Å²) in [5, 5.41) is 5.91. The monoisotopic (exact) mass is 378 g/mol. The number of anilines is 2. The molecule has 1 aliphatic heterocycles. The molecule has 3 rings (SSSR count). The maximum atomic E-state index is 13.8. The third kappa shape index (κ3) is 3.68. The zero-order valence-electron chi connectivity index (χ0n) is 12.4. The Morgan fingerprint density at radius 3 is 2.70 bits per heavy atom. The number of aromatic nitrogens is 1. The SMILES string of the molecule is O=C(Nc1ccc(N2CCNCC2)cn1)c1c(F)cccc1Br. The summed E-state index contributed by atoms with van der Waals surface area (Å²) in [6, 6.07) is 8.05. The first-order chi connectivity index (χ1) is 11.1. The van der Waals surface area contributed by atoms with E-state index in [0.29, 0.717) is 10.3 Å². The first kappa shape index (κ1) is 15.9. The van der Waals surface area contributed by atoms with Gasteiger partial charge in [0.15, 0.2) is 0 Å². The van der Waals surface area contributed by atoms with Crippen molar-refractivity contribution in [2.75, 3.05) is 36.4 Å². The Balaban J connectivity index is 1.72. The van der Waals surface area contributed by atoms with Gasteiger partial charge in [0, 0.05) is 30.7 Å². The molecule has 0 atom stereocenters. The van der Waals surface area contributed by atoms with Gasteiger partial charge >= 0.3 is 0 Å². The van der Waals surface area contributed by atoms with E-state index in [0.717, 1.165) is 31.9 Å². The molecule has 0 radical (unpaired) electrons. The Kier molecular flexibility index (Phi) is 4.88. The lowest BCUT2D eigenvalue weighted by Gasteiger charge is -2.29.